The number of hydrogen-bond acceptors (Lipinski definition) is 4. The lowest BCUT2D eigenvalue weighted by atomic mass is 9.94. The monoisotopic (exact) mass is 382 g/mol. The number of benzene rings is 3. The molecule has 0 spiro atoms. The molecule has 3 aromatic carbocycles. The van der Waals surface area contributed by atoms with Crippen LogP contribution < -0.4 is 4.74 Å². The number of fused-ring (bicyclic) bond motifs is 1. The molecule has 0 aliphatic carbocycles. The molecule has 0 bridgehead atoms. The van der Waals surface area contributed by atoms with Crippen molar-refractivity contribution in [3.05, 3.63) is 65.5 Å². The molecule has 0 heterocycles. The van der Waals surface area contributed by atoms with Gasteiger partial charge in [0.2, 0.25) is 0 Å². The number of unbranched alkanes of at least 4 members (excludes halogenated alkanes) is 3. The first-order chi connectivity index (χ1) is 13.5. The number of phenols is 2. The molecule has 0 atom stereocenters. The maximum absolute atomic E-state index is 13.9. The smallest absolute Gasteiger partial charge is 0.344 e. The van der Waals surface area contributed by atoms with Crippen molar-refractivity contribution in [2.75, 3.05) is 0 Å². The first-order valence-corrected chi connectivity index (χ1v) is 9.46. The summed E-state index contributed by atoms with van der Waals surface area (Å²) in [6.07, 6.45) is 4.82. The fraction of sp³-hybridized carbons (Fsp3) is 0.261. The van der Waals surface area contributed by atoms with Crippen LogP contribution in [0.5, 0.6) is 17.2 Å². The van der Waals surface area contributed by atoms with Gasteiger partial charge in [0, 0.05) is 10.8 Å². The Morgan fingerprint density at radius 2 is 1.71 bits per heavy atom. The molecule has 0 fully saturated rings. The van der Waals surface area contributed by atoms with Gasteiger partial charge in [0.1, 0.15) is 0 Å². The van der Waals surface area contributed by atoms with Crippen molar-refractivity contribution in [3.63, 3.8) is 0 Å². The SMILES string of the molecule is CCCCCCc1ccc2c(O)c(O)ccc2c1C(=O)Oc1ccccc1F. The Morgan fingerprint density at radius 1 is 0.964 bits per heavy atom. The molecule has 0 aliphatic heterocycles. The molecule has 0 saturated heterocycles. The van der Waals surface area contributed by atoms with Gasteiger partial charge in [-0.05, 0) is 42.7 Å². The zero-order valence-corrected chi connectivity index (χ0v) is 15.7. The fourth-order valence-electron chi connectivity index (χ4n) is 3.29. The Balaban J connectivity index is 2.03. The number of carbonyl (C=O) groups excluding carboxylic acids is 1. The number of ether oxygens (including phenoxy) is 1. The standard InChI is InChI=1S/C23H23FO4/c1-2-3-4-5-8-15-11-12-17-16(13-14-19(25)22(17)26)21(15)23(27)28-20-10-7-6-9-18(20)24/h6-7,9-14,25-26H,2-5,8H2,1H3. The van der Waals surface area contributed by atoms with Crippen LogP contribution in [-0.2, 0) is 6.42 Å². The normalized spacial score (nSPS) is 10.9. The third-order valence-electron chi connectivity index (χ3n) is 4.78. The van der Waals surface area contributed by atoms with E-state index >= 15 is 0 Å². The topological polar surface area (TPSA) is 66.8 Å². The summed E-state index contributed by atoms with van der Waals surface area (Å²) in [6, 6.07) is 12.1. The summed E-state index contributed by atoms with van der Waals surface area (Å²) in [4.78, 5) is 13.0. The van der Waals surface area contributed by atoms with Crippen LogP contribution in [0.25, 0.3) is 10.8 Å². The van der Waals surface area contributed by atoms with Crippen molar-refractivity contribution in [1.82, 2.24) is 0 Å². The molecule has 0 unspecified atom stereocenters. The highest BCUT2D eigenvalue weighted by Gasteiger charge is 2.21. The molecule has 4 nitrogen and oxygen atoms in total. The quantitative estimate of drug-likeness (QED) is 0.237. The van der Waals surface area contributed by atoms with Crippen LogP contribution in [0.4, 0.5) is 4.39 Å². The minimum absolute atomic E-state index is 0.149. The molecule has 5 heteroatoms. The molecule has 146 valence electrons. The van der Waals surface area contributed by atoms with Gasteiger partial charge < -0.3 is 14.9 Å². The van der Waals surface area contributed by atoms with E-state index in [1.807, 2.05) is 0 Å². The van der Waals surface area contributed by atoms with Crippen molar-refractivity contribution in [2.24, 2.45) is 0 Å². The highest BCUT2D eigenvalue weighted by molar-refractivity contribution is 6.08. The number of rotatable bonds is 7. The zero-order valence-electron chi connectivity index (χ0n) is 15.7. The number of esters is 1. The van der Waals surface area contributed by atoms with Gasteiger partial charge in [0.15, 0.2) is 23.1 Å². The van der Waals surface area contributed by atoms with Crippen LogP contribution in [0.15, 0.2) is 48.5 Å². The molecule has 0 aromatic heterocycles. The minimum atomic E-state index is -0.689. The van der Waals surface area contributed by atoms with Gasteiger partial charge in [-0.1, -0.05) is 50.5 Å². The molecular weight excluding hydrogens is 359 g/mol. The van der Waals surface area contributed by atoms with Crippen LogP contribution in [0.3, 0.4) is 0 Å². The second-order valence-corrected chi connectivity index (χ2v) is 6.76. The Hall–Kier alpha value is -3.08. The van der Waals surface area contributed by atoms with E-state index in [-0.39, 0.29) is 22.8 Å². The average molecular weight is 382 g/mol. The van der Waals surface area contributed by atoms with Crippen molar-refractivity contribution in [2.45, 2.75) is 39.0 Å². The van der Waals surface area contributed by atoms with Crippen LogP contribution in [0, 0.1) is 5.82 Å². The summed E-state index contributed by atoms with van der Waals surface area (Å²) in [5, 5.41) is 20.8. The molecular formula is C23H23FO4. The third-order valence-corrected chi connectivity index (χ3v) is 4.78. The third kappa shape index (κ3) is 4.09. The Bertz CT molecular complexity index is 997. The summed E-state index contributed by atoms with van der Waals surface area (Å²) >= 11 is 0. The number of phenolic OH excluding ortho intramolecular Hbond substituents is 2. The number of para-hydroxylation sites is 1. The van der Waals surface area contributed by atoms with Gasteiger partial charge in [-0.3, -0.25) is 0 Å². The number of hydrogen-bond donors (Lipinski definition) is 2. The van der Waals surface area contributed by atoms with E-state index in [0.717, 1.165) is 31.2 Å². The molecule has 28 heavy (non-hydrogen) atoms. The van der Waals surface area contributed by atoms with Gasteiger partial charge in [-0.2, -0.15) is 0 Å². The minimum Gasteiger partial charge on any atom is -0.504 e. The maximum Gasteiger partial charge on any atom is 0.344 e. The van der Waals surface area contributed by atoms with Crippen LogP contribution in [-0.4, -0.2) is 16.2 Å². The largest absolute Gasteiger partial charge is 0.504 e. The van der Waals surface area contributed by atoms with Crippen LogP contribution in [0.1, 0.15) is 48.5 Å². The molecule has 3 aromatic rings. The van der Waals surface area contributed by atoms with Gasteiger partial charge >= 0.3 is 5.97 Å². The maximum atomic E-state index is 13.9. The molecule has 3 rings (SSSR count). The van der Waals surface area contributed by atoms with Gasteiger partial charge in [0.05, 0.1) is 5.56 Å². The Kier molecular flexibility index (Phi) is 6.14. The second kappa shape index (κ2) is 8.74. The van der Waals surface area contributed by atoms with Crippen molar-refractivity contribution in [3.8, 4) is 17.2 Å². The molecule has 0 aliphatic rings. The predicted molar refractivity (Wildman–Crippen MR) is 106 cm³/mol. The summed E-state index contributed by atoms with van der Waals surface area (Å²) < 4.78 is 19.3. The van der Waals surface area contributed by atoms with Gasteiger partial charge in [0.25, 0.3) is 0 Å². The first kappa shape index (κ1) is 19.7. The number of halogens is 1. The fourth-order valence-corrected chi connectivity index (χ4v) is 3.29. The van der Waals surface area contributed by atoms with Crippen LogP contribution >= 0.6 is 0 Å². The molecule has 0 saturated carbocycles. The molecule has 0 amide bonds. The van der Waals surface area contributed by atoms with E-state index in [1.54, 1.807) is 24.3 Å². The first-order valence-electron chi connectivity index (χ1n) is 9.46. The molecule has 2 N–H and O–H groups in total. The highest BCUT2D eigenvalue weighted by Crippen LogP contribution is 2.37. The summed E-state index contributed by atoms with van der Waals surface area (Å²) in [7, 11) is 0. The summed E-state index contributed by atoms with van der Waals surface area (Å²) in [5.41, 5.74) is 1.06. The zero-order chi connectivity index (χ0) is 20.1. The van der Waals surface area contributed by atoms with Crippen molar-refractivity contribution >= 4 is 16.7 Å². The lowest BCUT2D eigenvalue weighted by Crippen LogP contribution is -2.13. The highest BCUT2D eigenvalue weighted by atomic mass is 19.1. The van der Waals surface area contributed by atoms with E-state index in [2.05, 4.69) is 6.92 Å². The number of aromatic hydroxyl groups is 2. The van der Waals surface area contributed by atoms with E-state index in [1.165, 1.54) is 24.3 Å². The van der Waals surface area contributed by atoms with E-state index < -0.39 is 11.8 Å². The molecule has 0 radical (unpaired) electrons. The summed E-state index contributed by atoms with van der Waals surface area (Å²) in [5.74, 6) is -2.02. The Labute approximate surface area is 163 Å². The van der Waals surface area contributed by atoms with E-state index in [0.29, 0.717) is 17.2 Å². The van der Waals surface area contributed by atoms with Crippen molar-refractivity contribution in [1.29, 1.82) is 0 Å². The number of carbonyl (C=O) groups is 1. The summed E-state index contributed by atoms with van der Waals surface area (Å²) in [6.45, 7) is 2.13. The Morgan fingerprint density at radius 3 is 2.46 bits per heavy atom. The van der Waals surface area contributed by atoms with E-state index in [9.17, 15) is 19.4 Å². The van der Waals surface area contributed by atoms with Crippen molar-refractivity contribution < 1.29 is 24.1 Å². The average Bonchev–Trinajstić information content (AvgIpc) is 2.69. The predicted octanol–water partition coefficient (Wildman–Crippen LogP) is 5.73. The van der Waals surface area contributed by atoms with Gasteiger partial charge in [-0.15, -0.1) is 0 Å². The van der Waals surface area contributed by atoms with E-state index in [4.69, 9.17) is 4.74 Å². The second-order valence-electron chi connectivity index (χ2n) is 6.76. The lowest BCUT2D eigenvalue weighted by molar-refractivity contribution is 0.0728. The lowest BCUT2D eigenvalue weighted by Gasteiger charge is -2.14. The number of aryl methyl sites for hydroxylation is 1. The van der Waals surface area contributed by atoms with Gasteiger partial charge in [-0.25, -0.2) is 9.18 Å². The van der Waals surface area contributed by atoms with Crippen LogP contribution in [0.2, 0.25) is 0 Å².